The van der Waals surface area contributed by atoms with Gasteiger partial charge in [-0.25, -0.2) is 0 Å². The van der Waals surface area contributed by atoms with Crippen LogP contribution in [0, 0.1) is 0 Å². The van der Waals surface area contributed by atoms with E-state index < -0.39 is 5.41 Å². The molecular weight excluding hydrogens is 969 g/mol. The summed E-state index contributed by atoms with van der Waals surface area (Å²) in [5.74, 6) is 0. The highest BCUT2D eigenvalue weighted by molar-refractivity contribution is 6.09. The zero-order chi connectivity index (χ0) is 53.0. The van der Waals surface area contributed by atoms with Gasteiger partial charge in [0.25, 0.3) is 0 Å². The first-order valence-corrected chi connectivity index (χ1v) is 27.5. The molecule has 1 aromatic heterocycles. The fourth-order valence-electron chi connectivity index (χ4n) is 12.6. The second-order valence-electron chi connectivity index (χ2n) is 20.8. The Labute approximate surface area is 466 Å². The molecule has 1 heterocycles. The average Bonchev–Trinajstić information content (AvgIpc) is 4.20. The Bertz CT molecular complexity index is 4530. The Morgan fingerprint density at radius 2 is 0.700 bits per heavy atom. The highest BCUT2D eigenvalue weighted by Gasteiger charge is 2.46. The number of hydrogen-bond donors (Lipinski definition) is 0. The van der Waals surface area contributed by atoms with E-state index in [-0.39, 0.29) is 0 Å². The van der Waals surface area contributed by atoms with Crippen molar-refractivity contribution in [3.8, 4) is 44.5 Å². The Morgan fingerprint density at radius 1 is 0.250 bits per heavy atom. The third-order valence-electron chi connectivity index (χ3n) is 16.3. The van der Waals surface area contributed by atoms with Crippen LogP contribution in [-0.2, 0) is 5.41 Å². The first-order chi connectivity index (χ1) is 39.7. The van der Waals surface area contributed by atoms with E-state index in [1.807, 2.05) is 6.07 Å². The van der Waals surface area contributed by atoms with Crippen LogP contribution < -0.4 is 9.80 Å². The maximum absolute atomic E-state index is 6.58. The number of rotatable bonds is 11. The summed E-state index contributed by atoms with van der Waals surface area (Å²) in [5, 5.41) is 4.70. The lowest BCUT2D eigenvalue weighted by Gasteiger charge is -2.35. The van der Waals surface area contributed by atoms with E-state index in [1.54, 1.807) is 0 Å². The normalized spacial score (nSPS) is 12.3. The molecule has 0 bridgehead atoms. The smallest absolute Gasteiger partial charge is 0.143 e. The van der Waals surface area contributed by atoms with Crippen LogP contribution in [0.1, 0.15) is 22.3 Å². The zero-order valence-corrected chi connectivity index (χ0v) is 43.8. The van der Waals surface area contributed by atoms with Gasteiger partial charge in [-0.15, -0.1) is 0 Å². The molecular formula is C77H52N2O. The van der Waals surface area contributed by atoms with E-state index in [2.05, 4.69) is 319 Å². The summed E-state index contributed by atoms with van der Waals surface area (Å²) in [6.07, 6.45) is 0. The molecule has 0 aliphatic heterocycles. The van der Waals surface area contributed by atoms with Gasteiger partial charge < -0.3 is 14.2 Å². The molecule has 0 fully saturated rings. The standard InChI is InChI=1S/C77H52N2O/c1-3-18-53(19-4-1)55-38-44-62(45-39-55)78(63-46-40-56(41-47-63)59-37-36-54-20-7-8-21-58(54)50-59)66-26-16-27-67(52-66)79(64-48-42-57(43-49-64)68-31-17-32-72-71-30-11-14-35-75(71)80-76(68)72)65-25-15-24-61(51-65)77(60-22-5-2-6-23-60)73-33-12-9-28-69(73)70-29-10-13-34-74(70)77/h1-52H. The van der Waals surface area contributed by atoms with Crippen LogP contribution in [0.2, 0.25) is 0 Å². The molecule has 3 nitrogen and oxygen atoms in total. The summed E-state index contributed by atoms with van der Waals surface area (Å²) in [7, 11) is 0. The summed E-state index contributed by atoms with van der Waals surface area (Å²) < 4.78 is 6.58. The largest absolute Gasteiger partial charge is 0.455 e. The molecule has 0 radical (unpaired) electrons. The van der Waals surface area contributed by atoms with E-state index in [0.717, 1.165) is 67.2 Å². The SMILES string of the molecule is c1ccc(-c2ccc(N(c3ccc(-c4ccc5ccccc5c4)cc3)c3cccc(N(c4ccc(-c5cccc6c5oc5ccccc56)cc4)c4cccc(C5(c6ccccc6)c6ccccc6-c6ccccc65)c4)c3)cc2)cc1. The van der Waals surface area contributed by atoms with Crippen molar-refractivity contribution in [2.45, 2.75) is 5.41 Å². The third kappa shape index (κ3) is 7.90. The van der Waals surface area contributed by atoms with Crippen molar-refractivity contribution in [3.63, 3.8) is 0 Å². The number of hydrogen-bond acceptors (Lipinski definition) is 3. The first-order valence-electron chi connectivity index (χ1n) is 27.5. The lowest BCUT2D eigenvalue weighted by Crippen LogP contribution is -2.28. The van der Waals surface area contributed by atoms with Crippen molar-refractivity contribution in [2.75, 3.05) is 9.80 Å². The molecule has 0 saturated heterocycles. The molecule has 1 aliphatic rings. The maximum Gasteiger partial charge on any atom is 0.143 e. The molecule has 0 spiro atoms. The van der Waals surface area contributed by atoms with Gasteiger partial charge >= 0.3 is 0 Å². The Morgan fingerprint density at radius 3 is 1.38 bits per heavy atom. The summed E-state index contributed by atoms with van der Waals surface area (Å²) in [5.41, 5.74) is 21.8. The number of anilines is 6. The van der Waals surface area contributed by atoms with Gasteiger partial charge in [0.2, 0.25) is 0 Å². The quantitative estimate of drug-likeness (QED) is 0.129. The molecule has 0 unspecified atom stereocenters. The summed E-state index contributed by atoms with van der Waals surface area (Å²) in [4.78, 5) is 4.80. The van der Waals surface area contributed by atoms with E-state index in [0.29, 0.717) is 0 Å². The van der Waals surface area contributed by atoms with E-state index >= 15 is 0 Å². The maximum atomic E-state index is 6.58. The fraction of sp³-hybridized carbons (Fsp3) is 0.0130. The topological polar surface area (TPSA) is 19.6 Å². The minimum absolute atomic E-state index is 0.575. The first kappa shape index (κ1) is 46.8. The Kier molecular flexibility index (Phi) is 11.4. The molecule has 14 aromatic rings. The van der Waals surface area contributed by atoms with E-state index in [4.69, 9.17) is 4.42 Å². The molecule has 15 rings (SSSR count). The molecule has 0 atom stereocenters. The molecule has 0 N–H and O–H groups in total. The molecule has 376 valence electrons. The number of benzene rings is 13. The molecule has 80 heavy (non-hydrogen) atoms. The van der Waals surface area contributed by atoms with Gasteiger partial charge in [-0.1, -0.05) is 237 Å². The van der Waals surface area contributed by atoms with Crippen molar-refractivity contribution < 1.29 is 4.42 Å². The summed E-state index contributed by atoms with van der Waals surface area (Å²) >= 11 is 0. The number of nitrogens with zero attached hydrogens (tertiary/aromatic N) is 2. The van der Waals surface area contributed by atoms with Gasteiger partial charge in [0.05, 0.1) is 5.41 Å². The van der Waals surface area contributed by atoms with Gasteiger partial charge in [-0.2, -0.15) is 0 Å². The van der Waals surface area contributed by atoms with Crippen LogP contribution >= 0.6 is 0 Å². The number of furan rings is 1. The van der Waals surface area contributed by atoms with Crippen LogP contribution in [-0.4, -0.2) is 0 Å². The lowest BCUT2D eigenvalue weighted by atomic mass is 9.67. The molecule has 0 saturated carbocycles. The highest BCUT2D eigenvalue weighted by Crippen LogP contribution is 2.57. The second kappa shape index (κ2) is 19.5. The lowest BCUT2D eigenvalue weighted by molar-refractivity contribution is 0.670. The predicted molar refractivity (Wildman–Crippen MR) is 334 cm³/mol. The summed E-state index contributed by atoms with van der Waals surface area (Å²) in [6, 6.07) is 115. The minimum atomic E-state index is -0.575. The molecule has 13 aromatic carbocycles. The van der Waals surface area contributed by atoms with Gasteiger partial charge in [-0.05, 0) is 151 Å². The van der Waals surface area contributed by atoms with E-state index in [1.165, 1.54) is 66.4 Å². The number of para-hydroxylation sites is 2. The summed E-state index contributed by atoms with van der Waals surface area (Å²) in [6.45, 7) is 0. The Balaban J connectivity index is 0.900. The van der Waals surface area contributed by atoms with Crippen LogP contribution in [0.5, 0.6) is 0 Å². The van der Waals surface area contributed by atoms with Gasteiger partial charge in [-0.3, -0.25) is 0 Å². The van der Waals surface area contributed by atoms with Crippen LogP contribution in [0.25, 0.3) is 77.2 Å². The fourth-order valence-corrected chi connectivity index (χ4v) is 12.6. The minimum Gasteiger partial charge on any atom is -0.455 e. The van der Waals surface area contributed by atoms with Crippen molar-refractivity contribution in [1.82, 2.24) is 0 Å². The molecule has 1 aliphatic carbocycles. The average molecular weight is 1020 g/mol. The monoisotopic (exact) mass is 1020 g/mol. The predicted octanol–water partition coefficient (Wildman–Crippen LogP) is 21.0. The van der Waals surface area contributed by atoms with E-state index in [9.17, 15) is 0 Å². The number of fused-ring (bicyclic) bond motifs is 7. The van der Waals surface area contributed by atoms with Crippen LogP contribution in [0.15, 0.2) is 320 Å². The zero-order valence-electron chi connectivity index (χ0n) is 43.8. The third-order valence-corrected chi connectivity index (χ3v) is 16.3. The Hall–Kier alpha value is -10.5. The molecule has 3 heteroatoms. The highest BCUT2D eigenvalue weighted by atomic mass is 16.3. The van der Waals surface area contributed by atoms with Crippen LogP contribution in [0.4, 0.5) is 34.1 Å². The van der Waals surface area contributed by atoms with Crippen molar-refractivity contribution >= 4 is 66.8 Å². The van der Waals surface area contributed by atoms with Crippen molar-refractivity contribution in [2.24, 2.45) is 0 Å². The van der Waals surface area contributed by atoms with Gasteiger partial charge in [0.1, 0.15) is 11.2 Å². The van der Waals surface area contributed by atoms with Gasteiger partial charge in [0.15, 0.2) is 0 Å². The van der Waals surface area contributed by atoms with Crippen molar-refractivity contribution in [3.05, 3.63) is 338 Å². The van der Waals surface area contributed by atoms with Crippen molar-refractivity contribution in [1.29, 1.82) is 0 Å². The van der Waals surface area contributed by atoms with Gasteiger partial charge in [0, 0.05) is 50.5 Å². The molecule has 0 amide bonds. The second-order valence-corrected chi connectivity index (χ2v) is 20.8. The van der Waals surface area contributed by atoms with Crippen LogP contribution in [0.3, 0.4) is 0 Å².